The molecule has 15 heteroatoms. The highest BCUT2D eigenvalue weighted by atomic mass is 32.7. The minimum absolute atomic E-state index is 0.0544. The number of rotatable bonds is 8. The Labute approximate surface area is 152 Å². The van der Waals surface area contributed by atoms with Crippen LogP contribution >= 0.6 is 27.3 Å². The largest absolute Gasteiger partial charge is 0.582 e. The Bertz CT molecular complexity index is 807. The van der Waals surface area contributed by atoms with Crippen molar-refractivity contribution in [3.63, 3.8) is 0 Å². The Morgan fingerprint density at radius 3 is 2.65 bits per heavy atom. The minimum atomic E-state index is -4.67. The van der Waals surface area contributed by atoms with Crippen LogP contribution in [0.2, 0.25) is 0 Å². The van der Waals surface area contributed by atoms with Crippen molar-refractivity contribution in [2.45, 2.75) is 31.0 Å². The second-order valence-electron chi connectivity index (χ2n) is 5.20. The SMILES string of the molecule is CO[C@@H]1[C@H](O[P+](=O)S)[C@@H](CCOP(=O)(O)O)O[C@H]1n1ccc(=O)[nH]c1=O. The summed E-state index contributed by atoms with van der Waals surface area (Å²) in [4.78, 5) is 42.8. The zero-order chi connectivity index (χ0) is 19.5. The van der Waals surface area contributed by atoms with Gasteiger partial charge in [0.2, 0.25) is 0 Å². The number of hydrogen-bond acceptors (Lipinski definition) is 8. The molecule has 1 saturated heterocycles. The summed E-state index contributed by atoms with van der Waals surface area (Å²) in [6, 6.07) is 1.11. The van der Waals surface area contributed by atoms with Gasteiger partial charge in [-0.2, -0.15) is 0 Å². The van der Waals surface area contributed by atoms with Crippen molar-refractivity contribution in [3.05, 3.63) is 33.1 Å². The number of ether oxygens (including phenoxy) is 2. The van der Waals surface area contributed by atoms with E-state index < -0.39 is 50.8 Å². The van der Waals surface area contributed by atoms with E-state index in [1.165, 1.54) is 13.3 Å². The van der Waals surface area contributed by atoms with Crippen LogP contribution in [-0.2, 0) is 27.7 Å². The van der Waals surface area contributed by atoms with Crippen molar-refractivity contribution in [3.8, 4) is 0 Å². The first-order valence-corrected chi connectivity index (χ1v) is 11.0. The lowest BCUT2D eigenvalue weighted by atomic mass is 10.1. The fourth-order valence-electron chi connectivity index (χ4n) is 2.56. The first kappa shape index (κ1) is 21.4. The van der Waals surface area contributed by atoms with Gasteiger partial charge in [-0.1, -0.05) is 0 Å². The highest BCUT2D eigenvalue weighted by Gasteiger charge is 2.50. The lowest BCUT2D eigenvalue weighted by molar-refractivity contribution is -0.0562. The molecule has 0 aliphatic carbocycles. The molecular weight excluding hydrogens is 414 g/mol. The van der Waals surface area contributed by atoms with E-state index in [0.717, 1.165) is 10.6 Å². The van der Waals surface area contributed by atoms with Crippen LogP contribution in [0.3, 0.4) is 0 Å². The molecule has 26 heavy (non-hydrogen) atoms. The zero-order valence-corrected chi connectivity index (χ0v) is 16.0. The van der Waals surface area contributed by atoms with Crippen LogP contribution in [0, 0.1) is 0 Å². The van der Waals surface area contributed by atoms with Crippen molar-refractivity contribution in [2.24, 2.45) is 0 Å². The molecule has 0 radical (unpaired) electrons. The number of phosphoric ester groups is 1. The molecule has 0 amide bonds. The van der Waals surface area contributed by atoms with Gasteiger partial charge >= 0.3 is 20.7 Å². The van der Waals surface area contributed by atoms with E-state index in [-0.39, 0.29) is 13.0 Å². The molecule has 3 N–H and O–H groups in total. The number of methoxy groups -OCH3 is 1. The third-order valence-electron chi connectivity index (χ3n) is 3.56. The molecule has 0 bridgehead atoms. The van der Waals surface area contributed by atoms with E-state index >= 15 is 0 Å². The van der Waals surface area contributed by atoms with E-state index in [4.69, 9.17) is 23.8 Å². The smallest absolute Gasteiger partial charge is 0.374 e. The Morgan fingerprint density at radius 1 is 1.42 bits per heavy atom. The standard InChI is InChI=1S/C11H16N2O10P2S/c1-20-9-8(23-24(16)26)6(3-5-21-25(17,18)19)22-10(9)13-4-2-7(14)12-11(13)15/h2,4,6,8-10H,3,5H2,1H3,(H3-,12,14,15,16,17,18,19,26)/p+1/t6-,8-,9-,10-/m1/s1. The molecular formula is C11H17N2O10P2S+. The molecule has 0 aromatic carbocycles. The molecule has 1 aromatic heterocycles. The molecule has 1 fully saturated rings. The molecule has 1 unspecified atom stereocenters. The molecule has 1 aliphatic rings. The number of phosphoric acid groups is 1. The number of aromatic nitrogens is 2. The van der Waals surface area contributed by atoms with Gasteiger partial charge in [0.15, 0.2) is 12.3 Å². The number of nitrogens with zero attached hydrogens (tertiary/aromatic N) is 1. The van der Waals surface area contributed by atoms with Crippen LogP contribution < -0.4 is 11.2 Å². The summed E-state index contributed by atoms with van der Waals surface area (Å²) >= 11 is 3.68. The van der Waals surface area contributed by atoms with Gasteiger partial charge in [-0.25, -0.2) is 9.36 Å². The van der Waals surface area contributed by atoms with Crippen molar-refractivity contribution in [1.82, 2.24) is 9.55 Å². The molecule has 0 saturated carbocycles. The van der Waals surface area contributed by atoms with Crippen molar-refractivity contribution in [1.29, 1.82) is 0 Å². The summed E-state index contributed by atoms with van der Waals surface area (Å²) < 4.78 is 43.8. The van der Waals surface area contributed by atoms with Crippen molar-refractivity contribution in [2.75, 3.05) is 13.7 Å². The van der Waals surface area contributed by atoms with Gasteiger partial charge in [-0.3, -0.25) is 18.9 Å². The van der Waals surface area contributed by atoms with Crippen LogP contribution in [0.5, 0.6) is 0 Å². The number of thiol groups is 1. The predicted octanol–water partition coefficient (Wildman–Crippen LogP) is -0.0792. The molecule has 12 nitrogen and oxygen atoms in total. The molecule has 5 atom stereocenters. The first-order chi connectivity index (χ1) is 12.1. The molecule has 2 heterocycles. The van der Waals surface area contributed by atoms with E-state index in [1.54, 1.807) is 0 Å². The average molecular weight is 431 g/mol. The number of hydrogen-bond donors (Lipinski definition) is 4. The maximum absolute atomic E-state index is 12.0. The van der Waals surface area contributed by atoms with E-state index in [2.05, 4.69) is 21.8 Å². The summed E-state index contributed by atoms with van der Waals surface area (Å²) in [5.41, 5.74) is -1.36. The van der Waals surface area contributed by atoms with Gasteiger partial charge in [0.05, 0.1) is 12.7 Å². The first-order valence-electron chi connectivity index (χ1n) is 7.15. The number of nitrogens with one attached hydrogen (secondary N) is 1. The third kappa shape index (κ3) is 5.56. The van der Waals surface area contributed by atoms with Gasteiger partial charge in [-0.05, 0) is 4.57 Å². The Kier molecular flexibility index (Phi) is 7.31. The second-order valence-corrected chi connectivity index (χ2v) is 8.11. The lowest BCUT2D eigenvalue weighted by Crippen LogP contribution is -2.39. The molecule has 1 aromatic rings. The Balaban J connectivity index is 2.26. The van der Waals surface area contributed by atoms with Crippen LogP contribution in [0.25, 0.3) is 0 Å². The van der Waals surface area contributed by atoms with E-state index in [0.29, 0.717) is 0 Å². The molecule has 146 valence electrons. The second kappa shape index (κ2) is 8.87. The summed E-state index contributed by atoms with van der Waals surface area (Å²) in [7, 11) is -5.72. The van der Waals surface area contributed by atoms with Gasteiger partial charge in [0.1, 0.15) is 18.4 Å². The topological polar surface area (TPSA) is 166 Å². The molecule has 0 spiro atoms. The number of aromatic amines is 1. The molecule has 2 rings (SSSR count). The molecule has 1 aliphatic heterocycles. The highest BCUT2D eigenvalue weighted by Crippen LogP contribution is 2.42. The van der Waals surface area contributed by atoms with E-state index in [9.17, 15) is 18.7 Å². The predicted molar refractivity (Wildman–Crippen MR) is 90.1 cm³/mol. The zero-order valence-electron chi connectivity index (χ0n) is 13.3. The van der Waals surface area contributed by atoms with Crippen LogP contribution in [-0.4, -0.2) is 51.4 Å². The third-order valence-corrected chi connectivity index (χ3v) is 4.78. The van der Waals surface area contributed by atoms with Crippen molar-refractivity contribution >= 4 is 27.3 Å². The summed E-state index contributed by atoms with van der Waals surface area (Å²) in [6.45, 7) is -0.387. The van der Waals surface area contributed by atoms with Crippen molar-refractivity contribution < 1.29 is 37.4 Å². The van der Waals surface area contributed by atoms with Crippen LogP contribution in [0.1, 0.15) is 12.6 Å². The fraction of sp³-hybridized carbons (Fsp3) is 0.636. The summed E-state index contributed by atoms with van der Waals surface area (Å²) in [5.74, 6) is 0. The lowest BCUT2D eigenvalue weighted by Gasteiger charge is -2.19. The average Bonchev–Trinajstić information content (AvgIpc) is 2.83. The Hall–Kier alpha value is -0.880. The van der Waals surface area contributed by atoms with Gasteiger partial charge in [0, 0.05) is 25.8 Å². The van der Waals surface area contributed by atoms with Gasteiger partial charge in [0.25, 0.3) is 5.56 Å². The normalized spacial score (nSPS) is 26.8. The van der Waals surface area contributed by atoms with Crippen LogP contribution in [0.15, 0.2) is 21.9 Å². The monoisotopic (exact) mass is 431 g/mol. The number of H-pyrrole nitrogens is 1. The van der Waals surface area contributed by atoms with Crippen LogP contribution in [0.4, 0.5) is 0 Å². The maximum atomic E-state index is 12.0. The minimum Gasteiger partial charge on any atom is -0.374 e. The Morgan fingerprint density at radius 2 is 2.12 bits per heavy atom. The van der Waals surface area contributed by atoms with Gasteiger partial charge in [-0.15, -0.1) is 4.52 Å². The van der Waals surface area contributed by atoms with Gasteiger partial charge < -0.3 is 19.3 Å². The summed E-state index contributed by atoms with van der Waals surface area (Å²) in [5, 5.41) is 0. The van der Waals surface area contributed by atoms with E-state index in [1.807, 2.05) is 0 Å². The maximum Gasteiger partial charge on any atom is 0.582 e. The summed E-state index contributed by atoms with van der Waals surface area (Å²) in [6.07, 6.45) is -2.65. The highest BCUT2D eigenvalue weighted by molar-refractivity contribution is 8.39. The fourth-order valence-corrected chi connectivity index (χ4v) is 3.70. The quantitative estimate of drug-likeness (QED) is 0.323.